The average molecular weight is 796 g/mol. The number of ether oxygens (including phenoxy) is 10. The minimum Gasteiger partial charge on any atom is -0.396 e. The summed E-state index contributed by atoms with van der Waals surface area (Å²) in [5, 5.41) is 123. The van der Waals surface area contributed by atoms with Crippen LogP contribution in [0.4, 0.5) is 0 Å². The van der Waals surface area contributed by atoms with E-state index in [0.29, 0.717) is 6.42 Å². The molecule has 20 atom stereocenters. The fourth-order valence-corrected chi connectivity index (χ4v) is 6.55. The van der Waals surface area contributed by atoms with Gasteiger partial charge in [-0.05, 0) is 13.3 Å². The van der Waals surface area contributed by atoms with E-state index in [4.69, 9.17) is 52.5 Å². The molecule has 4 saturated heterocycles. The highest BCUT2D eigenvalue weighted by molar-refractivity contribution is 4.98. The second kappa shape index (κ2) is 22.9. The first-order valence-corrected chi connectivity index (χ1v) is 17.6. The van der Waals surface area contributed by atoms with E-state index in [9.17, 15) is 56.2 Å². The maximum Gasteiger partial charge on any atom is 0.187 e. The molecule has 0 aromatic carbocycles. The number of aliphatic hydroxyl groups is 12. The van der Waals surface area contributed by atoms with Crippen LogP contribution in [-0.4, -0.2) is 244 Å². The lowest BCUT2D eigenvalue weighted by atomic mass is 9.94. The third kappa shape index (κ3) is 11.2. The van der Waals surface area contributed by atoms with Crippen LogP contribution >= 0.6 is 0 Å². The van der Waals surface area contributed by atoms with Crippen molar-refractivity contribution in [3.05, 3.63) is 6.92 Å². The number of hydrogen-bond acceptors (Lipinski definition) is 22. The Labute approximate surface area is 312 Å². The maximum absolute atomic E-state index is 11.4. The first-order chi connectivity index (χ1) is 25.8. The molecule has 4 heterocycles. The summed E-state index contributed by atoms with van der Waals surface area (Å²) < 4.78 is 56.4. The van der Waals surface area contributed by atoms with Crippen molar-refractivity contribution in [2.24, 2.45) is 0 Å². The minimum absolute atomic E-state index is 0.208. The highest BCUT2D eigenvalue weighted by atomic mass is 16.8. The highest BCUT2D eigenvalue weighted by Gasteiger charge is 2.54. The van der Waals surface area contributed by atoms with Crippen LogP contribution < -0.4 is 0 Å². The van der Waals surface area contributed by atoms with Gasteiger partial charge in [-0.15, -0.1) is 0 Å². The summed E-state index contributed by atoms with van der Waals surface area (Å²) in [6.45, 7) is 1.68. The van der Waals surface area contributed by atoms with Crippen LogP contribution in [0.2, 0.25) is 0 Å². The van der Waals surface area contributed by atoms with E-state index in [-0.39, 0.29) is 13.2 Å². The van der Waals surface area contributed by atoms with Gasteiger partial charge in [0.1, 0.15) is 97.7 Å². The van der Waals surface area contributed by atoms with Crippen LogP contribution in [0.25, 0.3) is 0 Å². The Balaban J connectivity index is 0.00000186. The van der Waals surface area contributed by atoms with Gasteiger partial charge in [-0.2, -0.15) is 0 Å². The zero-order chi connectivity index (χ0) is 40.3. The van der Waals surface area contributed by atoms with Gasteiger partial charge in [0, 0.05) is 20.8 Å². The Morgan fingerprint density at radius 2 is 0.926 bits per heavy atom. The normalized spacial score (nSPS) is 45.8. The zero-order valence-corrected chi connectivity index (χ0v) is 30.4. The van der Waals surface area contributed by atoms with Crippen LogP contribution in [0.5, 0.6) is 0 Å². The van der Waals surface area contributed by atoms with E-state index in [2.05, 4.69) is 6.92 Å². The molecule has 0 saturated carbocycles. The largest absolute Gasteiger partial charge is 0.396 e. The molecule has 0 spiro atoms. The SMILES string of the molecule is COC1C(CO)OC(OCC2OC(OC3C(CO)OC(C)C(O)C3O)C(O)C(O)C2OC2OC(CO)C(OC)C(O)C2OCCO)C(O)C1O.[CH2]CCO. The predicted molar refractivity (Wildman–Crippen MR) is 175 cm³/mol. The van der Waals surface area contributed by atoms with Crippen molar-refractivity contribution in [3.63, 3.8) is 0 Å². The molecule has 22 nitrogen and oxygen atoms in total. The molecule has 0 aromatic heterocycles. The molecule has 12 N–H and O–H groups in total. The molecule has 0 aliphatic carbocycles. The minimum atomic E-state index is -1.95. The molecule has 20 unspecified atom stereocenters. The molecule has 54 heavy (non-hydrogen) atoms. The summed E-state index contributed by atoms with van der Waals surface area (Å²) in [6.07, 6.45) is -28.7. The first-order valence-electron chi connectivity index (χ1n) is 17.6. The molecule has 319 valence electrons. The quantitative estimate of drug-likeness (QED) is 0.0690. The fourth-order valence-electron chi connectivity index (χ4n) is 6.55. The lowest BCUT2D eigenvalue weighted by molar-refractivity contribution is -0.381. The molecular formula is C32H59O22. The lowest BCUT2D eigenvalue weighted by Crippen LogP contribution is -2.67. The molecular weight excluding hydrogens is 736 g/mol. The van der Waals surface area contributed by atoms with Gasteiger partial charge in [0.05, 0.1) is 45.7 Å². The van der Waals surface area contributed by atoms with Crippen molar-refractivity contribution in [2.45, 2.75) is 136 Å². The Kier molecular flexibility index (Phi) is 20.1. The summed E-state index contributed by atoms with van der Waals surface area (Å²) in [4.78, 5) is 0. The van der Waals surface area contributed by atoms with E-state index < -0.39 is 156 Å². The van der Waals surface area contributed by atoms with Gasteiger partial charge in [0.25, 0.3) is 0 Å². The van der Waals surface area contributed by atoms with Crippen LogP contribution in [0.1, 0.15) is 13.3 Å². The molecule has 1 radical (unpaired) electrons. The first kappa shape index (κ1) is 47.5. The van der Waals surface area contributed by atoms with Crippen molar-refractivity contribution in [2.75, 3.05) is 60.5 Å². The van der Waals surface area contributed by atoms with Crippen molar-refractivity contribution in [1.29, 1.82) is 0 Å². The smallest absolute Gasteiger partial charge is 0.187 e. The third-order valence-electron chi connectivity index (χ3n) is 9.47. The number of methoxy groups -OCH3 is 2. The van der Waals surface area contributed by atoms with Crippen molar-refractivity contribution in [1.82, 2.24) is 0 Å². The Hall–Kier alpha value is -0.880. The van der Waals surface area contributed by atoms with Gasteiger partial charge in [-0.1, -0.05) is 6.92 Å². The Morgan fingerprint density at radius 3 is 1.46 bits per heavy atom. The van der Waals surface area contributed by atoms with Gasteiger partial charge in [-0.25, -0.2) is 0 Å². The predicted octanol–water partition coefficient (Wildman–Crippen LogP) is -7.15. The molecule has 4 rings (SSSR count). The van der Waals surface area contributed by atoms with Gasteiger partial charge < -0.3 is 109 Å². The standard InChI is InChI=1S/C29H52O21.C3H7O/c1-10-15(34)16(35)24(13(8-33)45-10)49-28-20(39)18(37)25(50-29-26(43-5-4-30)21(40)23(42-3)12(7-32)47-29)14(48-28)9-44-27-19(38)17(36)22(41-2)11(6-31)46-27;1-2-3-4/h10-40H,4-9H2,1-3H3;4H,1-3H2. The third-order valence-corrected chi connectivity index (χ3v) is 9.47. The van der Waals surface area contributed by atoms with E-state index in [0.717, 1.165) is 0 Å². The maximum atomic E-state index is 11.4. The van der Waals surface area contributed by atoms with Crippen LogP contribution in [0, 0.1) is 6.92 Å². The van der Waals surface area contributed by atoms with Gasteiger partial charge in [0.15, 0.2) is 18.9 Å². The van der Waals surface area contributed by atoms with Crippen LogP contribution in [-0.2, 0) is 47.4 Å². The Morgan fingerprint density at radius 1 is 0.481 bits per heavy atom. The Bertz CT molecular complexity index is 1030. The average Bonchev–Trinajstić information content (AvgIpc) is 3.17. The summed E-state index contributed by atoms with van der Waals surface area (Å²) in [5.74, 6) is 0. The molecule has 4 fully saturated rings. The number of hydrogen-bond donors (Lipinski definition) is 12. The van der Waals surface area contributed by atoms with E-state index in [1.807, 2.05) is 0 Å². The van der Waals surface area contributed by atoms with Crippen molar-refractivity contribution < 1.29 is 109 Å². The molecule has 0 aromatic rings. The monoisotopic (exact) mass is 795 g/mol. The molecule has 4 aliphatic rings. The van der Waals surface area contributed by atoms with E-state index in [1.54, 1.807) is 0 Å². The molecule has 0 amide bonds. The summed E-state index contributed by atoms with van der Waals surface area (Å²) in [5.41, 5.74) is 0. The van der Waals surface area contributed by atoms with Crippen molar-refractivity contribution >= 4 is 0 Å². The lowest BCUT2D eigenvalue weighted by Gasteiger charge is -2.49. The van der Waals surface area contributed by atoms with E-state index in [1.165, 1.54) is 21.1 Å². The summed E-state index contributed by atoms with van der Waals surface area (Å²) in [6, 6.07) is 0. The van der Waals surface area contributed by atoms with Gasteiger partial charge >= 0.3 is 0 Å². The molecule has 4 aliphatic heterocycles. The zero-order valence-electron chi connectivity index (χ0n) is 30.4. The van der Waals surface area contributed by atoms with Gasteiger partial charge in [-0.3, -0.25) is 0 Å². The fraction of sp³-hybridized carbons (Fsp3) is 0.969. The van der Waals surface area contributed by atoms with Crippen LogP contribution in [0.3, 0.4) is 0 Å². The number of rotatable bonds is 16. The second-order valence-electron chi connectivity index (χ2n) is 13.1. The molecule has 22 heteroatoms. The second-order valence-corrected chi connectivity index (χ2v) is 13.1. The van der Waals surface area contributed by atoms with E-state index >= 15 is 0 Å². The number of aliphatic hydroxyl groups excluding tert-OH is 12. The molecule has 0 bridgehead atoms. The van der Waals surface area contributed by atoms with Gasteiger partial charge in [0.2, 0.25) is 0 Å². The van der Waals surface area contributed by atoms with Crippen molar-refractivity contribution in [3.8, 4) is 0 Å². The topological polar surface area (TPSA) is 335 Å². The highest BCUT2D eigenvalue weighted by Crippen LogP contribution is 2.34. The summed E-state index contributed by atoms with van der Waals surface area (Å²) >= 11 is 0. The summed E-state index contributed by atoms with van der Waals surface area (Å²) in [7, 11) is 2.50. The van der Waals surface area contributed by atoms with Crippen LogP contribution in [0.15, 0.2) is 0 Å².